The van der Waals surface area contributed by atoms with Gasteiger partial charge in [-0.05, 0) is 44.6 Å². The van der Waals surface area contributed by atoms with Crippen LogP contribution in [-0.4, -0.2) is 28.7 Å². The van der Waals surface area contributed by atoms with Gasteiger partial charge in [0.2, 0.25) is 0 Å². The van der Waals surface area contributed by atoms with Gasteiger partial charge in [0, 0.05) is 0 Å². The summed E-state index contributed by atoms with van der Waals surface area (Å²) < 4.78 is 15.7. The molecule has 1 aromatic rings. The number of rotatable bonds is 4. The second-order valence-electron chi connectivity index (χ2n) is 5.25. The monoisotopic (exact) mass is 269 g/mol. The van der Waals surface area contributed by atoms with Gasteiger partial charge in [0.05, 0.1) is 24.4 Å². The highest BCUT2D eigenvalue weighted by molar-refractivity contribution is 7.11. The first-order valence-electron chi connectivity index (χ1n) is 6.47. The third-order valence-electron chi connectivity index (χ3n) is 3.45. The Bertz CT molecular complexity index is 435. The predicted octanol–water partition coefficient (Wildman–Crippen LogP) is 2.24. The summed E-state index contributed by atoms with van der Waals surface area (Å²) in [5.74, 6) is 1.16. The summed E-state index contributed by atoms with van der Waals surface area (Å²) in [6, 6.07) is 0.373. The molecular formula is C12H19N3O2S. The van der Waals surface area contributed by atoms with Crippen LogP contribution in [0.2, 0.25) is 0 Å². The van der Waals surface area contributed by atoms with Gasteiger partial charge >= 0.3 is 0 Å². The molecule has 2 aliphatic heterocycles. The van der Waals surface area contributed by atoms with Gasteiger partial charge in [-0.15, -0.1) is 0 Å². The van der Waals surface area contributed by atoms with Gasteiger partial charge < -0.3 is 20.5 Å². The van der Waals surface area contributed by atoms with Gasteiger partial charge in [-0.3, -0.25) is 0 Å². The molecule has 0 radical (unpaired) electrons. The molecule has 0 amide bonds. The van der Waals surface area contributed by atoms with E-state index in [-0.39, 0.29) is 6.10 Å². The Kier molecular flexibility index (Phi) is 3.07. The zero-order valence-electron chi connectivity index (χ0n) is 10.7. The van der Waals surface area contributed by atoms with Crippen molar-refractivity contribution in [3.05, 3.63) is 0 Å². The van der Waals surface area contributed by atoms with Crippen molar-refractivity contribution in [2.45, 2.75) is 57.5 Å². The number of fused-ring (bicyclic) bond motifs is 2. The van der Waals surface area contributed by atoms with Gasteiger partial charge in [0.1, 0.15) is 0 Å². The topological polar surface area (TPSA) is 69.4 Å². The summed E-state index contributed by atoms with van der Waals surface area (Å²) in [7, 11) is 0. The minimum atomic E-state index is 0.0977. The van der Waals surface area contributed by atoms with E-state index < -0.39 is 0 Å². The predicted molar refractivity (Wildman–Crippen MR) is 72.2 cm³/mol. The second kappa shape index (κ2) is 4.59. The molecule has 0 aliphatic carbocycles. The van der Waals surface area contributed by atoms with Crippen LogP contribution in [0, 0.1) is 0 Å². The quantitative estimate of drug-likeness (QED) is 0.877. The molecule has 2 saturated heterocycles. The standard InChI is InChI=1S/C12H19N3O2S/c1-6(2)16-10-11(13)15-18-12(10)14-8-5-7-3-4-9(8)17-7/h6-9,14H,3-5H2,1-2H3,(H2,13,15). The largest absolute Gasteiger partial charge is 0.484 e. The summed E-state index contributed by atoms with van der Waals surface area (Å²) in [5.41, 5.74) is 5.84. The van der Waals surface area contributed by atoms with E-state index in [0.717, 1.165) is 17.8 Å². The van der Waals surface area contributed by atoms with Crippen LogP contribution in [0.5, 0.6) is 5.75 Å². The van der Waals surface area contributed by atoms with Gasteiger partial charge in [0.25, 0.3) is 0 Å². The van der Waals surface area contributed by atoms with Gasteiger partial charge in [-0.25, -0.2) is 0 Å². The fourth-order valence-electron chi connectivity index (χ4n) is 2.69. The first kappa shape index (κ1) is 12.0. The Balaban J connectivity index is 1.72. The average Bonchev–Trinajstić information content (AvgIpc) is 2.99. The molecule has 2 bridgehead atoms. The fourth-order valence-corrected chi connectivity index (χ4v) is 3.41. The van der Waals surface area contributed by atoms with Crippen LogP contribution in [0.4, 0.5) is 10.8 Å². The zero-order valence-corrected chi connectivity index (χ0v) is 11.5. The maximum atomic E-state index is 5.84. The molecule has 0 saturated carbocycles. The Morgan fingerprint density at radius 2 is 2.33 bits per heavy atom. The van der Waals surface area contributed by atoms with Crippen LogP contribution in [0.1, 0.15) is 33.1 Å². The van der Waals surface area contributed by atoms with Crippen LogP contribution in [0.3, 0.4) is 0 Å². The number of aromatic nitrogens is 1. The number of hydrogen-bond acceptors (Lipinski definition) is 6. The SMILES string of the molecule is CC(C)Oc1c(N)nsc1NC1CC2CCC1O2. The van der Waals surface area contributed by atoms with Crippen molar-refractivity contribution in [3.63, 3.8) is 0 Å². The van der Waals surface area contributed by atoms with Crippen LogP contribution in [0.25, 0.3) is 0 Å². The minimum absolute atomic E-state index is 0.0977. The maximum absolute atomic E-state index is 5.84. The molecule has 1 aromatic heterocycles. The molecule has 3 unspecified atom stereocenters. The van der Waals surface area contributed by atoms with Crippen molar-refractivity contribution in [2.24, 2.45) is 0 Å². The molecule has 0 aromatic carbocycles. The lowest BCUT2D eigenvalue weighted by molar-refractivity contribution is 0.102. The smallest absolute Gasteiger partial charge is 0.197 e. The van der Waals surface area contributed by atoms with E-state index in [1.54, 1.807) is 0 Å². The highest BCUT2D eigenvalue weighted by Gasteiger charge is 2.41. The van der Waals surface area contributed by atoms with Gasteiger partial charge in [-0.1, -0.05) is 0 Å². The molecule has 18 heavy (non-hydrogen) atoms. The van der Waals surface area contributed by atoms with E-state index in [9.17, 15) is 0 Å². The number of nitrogens with zero attached hydrogens (tertiary/aromatic N) is 1. The third kappa shape index (κ3) is 2.14. The summed E-state index contributed by atoms with van der Waals surface area (Å²) in [6.45, 7) is 3.98. The number of nitrogens with one attached hydrogen (secondary N) is 1. The molecule has 5 nitrogen and oxygen atoms in total. The first-order valence-corrected chi connectivity index (χ1v) is 7.24. The second-order valence-corrected chi connectivity index (χ2v) is 6.03. The normalized spacial score (nSPS) is 30.1. The Morgan fingerprint density at radius 3 is 2.94 bits per heavy atom. The number of nitrogen functional groups attached to an aromatic ring is 1. The minimum Gasteiger partial charge on any atom is -0.484 e. The highest BCUT2D eigenvalue weighted by Crippen LogP contribution is 2.41. The molecule has 3 heterocycles. The van der Waals surface area contributed by atoms with Crippen LogP contribution in [0.15, 0.2) is 0 Å². The zero-order chi connectivity index (χ0) is 12.7. The number of hydrogen-bond donors (Lipinski definition) is 2. The fraction of sp³-hybridized carbons (Fsp3) is 0.750. The van der Waals surface area contributed by atoms with Crippen molar-refractivity contribution >= 4 is 22.4 Å². The van der Waals surface area contributed by atoms with Crippen LogP contribution in [-0.2, 0) is 4.74 Å². The Morgan fingerprint density at radius 1 is 1.50 bits per heavy atom. The molecule has 2 aliphatic rings. The number of nitrogens with two attached hydrogens (primary N) is 1. The lowest BCUT2D eigenvalue weighted by Crippen LogP contribution is -2.30. The van der Waals surface area contributed by atoms with Crippen LogP contribution < -0.4 is 15.8 Å². The van der Waals surface area contributed by atoms with Gasteiger partial charge in [-0.2, -0.15) is 4.37 Å². The van der Waals surface area contributed by atoms with E-state index in [2.05, 4.69) is 9.69 Å². The Labute approximate surface area is 111 Å². The molecule has 3 rings (SSSR count). The average molecular weight is 269 g/mol. The molecule has 2 fully saturated rings. The van der Waals surface area contributed by atoms with Crippen molar-refractivity contribution in [1.29, 1.82) is 0 Å². The van der Waals surface area contributed by atoms with Crippen LogP contribution >= 0.6 is 11.5 Å². The molecule has 0 spiro atoms. The summed E-state index contributed by atoms with van der Waals surface area (Å²) in [6.07, 6.45) is 4.29. The molecule has 3 N–H and O–H groups in total. The summed E-state index contributed by atoms with van der Waals surface area (Å²) in [5, 5.41) is 4.43. The summed E-state index contributed by atoms with van der Waals surface area (Å²) >= 11 is 1.37. The van der Waals surface area contributed by atoms with Crippen molar-refractivity contribution < 1.29 is 9.47 Å². The highest BCUT2D eigenvalue weighted by atomic mass is 32.1. The van der Waals surface area contributed by atoms with E-state index in [1.807, 2.05) is 13.8 Å². The maximum Gasteiger partial charge on any atom is 0.197 e. The van der Waals surface area contributed by atoms with Crippen molar-refractivity contribution in [1.82, 2.24) is 4.37 Å². The molecule has 6 heteroatoms. The number of anilines is 2. The van der Waals surface area contributed by atoms with E-state index >= 15 is 0 Å². The van der Waals surface area contributed by atoms with E-state index in [1.165, 1.54) is 18.0 Å². The molecular weight excluding hydrogens is 250 g/mol. The van der Waals surface area contributed by atoms with E-state index in [4.69, 9.17) is 15.2 Å². The number of ether oxygens (including phenoxy) is 2. The lowest BCUT2D eigenvalue weighted by Gasteiger charge is -2.21. The Hall–Kier alpha value is -1.01. The molecule has 3 atom stereocenters. The summed E-state index contributed by atoms with van der Waals surface area (Å²) in [4.78, 5) is 0. The first-order chi connectivity index (χ1) is 8.63. The molecule has 100 valence electrons. The van der Waals surface area contributed by atoms with E-state index in [0.29, 0.717) is 29.8 Å². The lowest BCUT2D eigenvalue weighted by atomic mass is 9.96. The van der Waals surface area contributed by atoms with Crippen molar-refractivity contribution in [3.8, 4) is 5.75 Å². The third-order valence-corrected chi connectivity index (χ3v) is 4.22. The van der Waals surface area contributed by atoms with Gasteiger partial charge in [0.15, 0.2) is 16.6 Å². The van der Waals surface area contributed by atoms with Crippen molar-refractivity contribution in [2.75, 3.05) is 11.1 Å².